The van der Waals surface area contributed by atoms with Crippen molar-refractivity contribution >= 4 is 0 Å². The number of para-hydroxylation sites is 1. The minimum atomic E-state index is -0.0639. The number of hydrogen-bond donors (Lipinski definition) is 1. The number of aryl methyl sites for hydroxylation is 2. The molecule has 3 aromatic carbocycles. The summed E-state index contributed by atoms with van der Waals surface area (Å²) in [6.07, 6.45) is 4.88. The van der Waals surface area contributed by atoms with Crippen molar-refractivity contribution in [1.82, 2.24) is 29.8 Å². The first-order valence-electron chi connectivity index (χ1n) is 12.5. The zero-order valence-corrected chi connectivity index (χ0v) is 21.3. The fraction of sp³-hybridized carbons (Fsp3) is 0.241. The summed E-state index contributed by atoms with van der Waals surface area (Å²) in [4.78, 5) is 13.7. The molecule has 5 aromatic rings. The molecule has 0 saturated heterocycles. The quantitative estimate of drug-likeness (QED) is 0.304. The zero-order valence-electron chi connectivity index (χ0n) is 21.3. The number of nitrogens with zero attached hydrogens (tertiary/aromatic N) is 5. The third kappa shape index (κ3) is 4.82. The Balaban J connectivity index is 1.50. The lowest BCUT2D eigenvalue weighted by Crippen LogP contribution is -2.25. The van der Waals surface area contributed by atoms with Crippen LogP contribution in [0.2, 0.25) is 0 Å². The van der Waals surface area contributed by atoms with Crippen LogP contribution in [0.3, 0.4) is 0 Å². The van der Waals surface area contributed by atoms with E-state index in [-0.39, 0.29) is 5.69 Å². The Bertz CT molecular complexity index is 1550. The van der Waals surface area contributed by atoms with Crippen molar-refractivity contribution in [2.24, 2.45) is 0 Å². The average molecular weight is 495 g/mol. The fourth-order valence-corrected chi connectivity index (χ4v) is 4.71. The molecule has 5 rings (SSSR count). The van der Waals surface area contributed by atoms with E-state index in [1.54, 1.807) is 11.7 Å². The molecule has 0 atom stereocenters. The molecule has 8 nitrogen and oxygen atoms in total. The van der Waals surface area contributed by atoms with Gasteiger partial charge in [0.2, 0.25) is 0 Å². The van der Waals surface area contributed by atoms with Crippen LogP contribution in [-0.4, -0.2) is 36.9 Å². The molecule has 0 radical (unpaired) electrons. The van der Waals surface area contributed by atoms with E-state index in [0.29, 0.717) is 18.1 Å². The summed E-state index contributed by atoms with van der Waals surface area (Å²) in [6, 6.07) is 22.2. The van der Waals surface area contributed by atoms with Gasteiger partial charge in [0, 0.05) is 17.5 Å². The van der Waals surface area contributed by atoms with Crippen molar-refractivity contribution < 1.29 is 4.74 Å². The van der Waals surface area contributed by atoms with Crippen LogP contribution in [0.5, 0.6) is 5.75 Å². The van der Waals surface area contributed by atoms with E-state index in [2.05, 4.69) is 57.9 Å². The Labute approximate surface area is 215 Å². The minimum absolute atomic E-state index is 0.0639. The lowest BCUT2D eigenvalue weighted by molar-refractivity contribution is 0.412. The van der Waals surface area contributed by atoms with E-state index in [4.69, 9.17) is 4.74 Å². The molecule has 0 spiro atoms. The topological polar surface area (TPSA) is 90.6 Å². The lowest BCUT2D eigenvalue weighted by atomic mass is 9.98. The van der Waals surface area contributed by atoms with Crippen molar-refractivity contribution in [3.8, 4) is 34.0 Å². The lowest BCUT2D eigenvalue weighted by Gasteiger charge is -2.11. The number of aromatic amines is 1. The van der Waals surface area contributed by atoms with Gasteiger partial charge in [-0.25, -0.2) is 9.89 Å². The first-order valence-corrected chi connectivity index (χ1v) is 12.5. The molecule has 0 unspecified atom stereocenters. The highest BCUT2D eigenvalue weighted by atomic mass is 16.5. The maximum atomic E-state index is 13.7. The number of methoxy groups -OCH3 is 1. The number of unbranched alkanes of at least 4 members (excludes halogenated alkanes) is 1. The Hall–Kier alpha value is -4.46. The third-order valence-corrected chi connectivity index (χ3v) is 6.64. The molecule has 0 aliphatic carbocycles. The highest BCUT2D eigenvalue weighted by molar-refractivity contribution is 5.80. The van der Waals surface area contributed by atoms with E-state index >= 15 is 0 Å². The molecule has 2 heterocycles. The predicted molar refractivity (Wildman–Crippen MR) is 144 cm³/mol. The van der Waals surface area contributed by atoms with Crippen molar-refractivity contribution in [3.05, 3.63) is 100 Å². The van der Waals surface area contributed by atoms with Gasteiger partial charge in [0.05, 0.1) is 19.3 Å². The number of hydrogen-bond acceptors (Lipinski definition) is 5. The number of H-pyrrole nitrogens is 1. The maximum absolute atomic E-state index is 13.7. The first-order chi connectivity index (χ1) is 18.1. The smallest absolute Gasteiger partial charge is 0.333 e. The first kappa shape index (κ1) is 24.2. The molecule has 0 amide bonds. The SMILES string of the molecule is CCCCc1cn(-c2c(C)cccc2OC)c(=O)n1Cc1ccc(-c2ccccc2-c2nnn[nH]2)cc1. The number of nitrogens with one attached hydrogen (secondary N) is 1. The van der Waals surface area contributed by atoms with Gasteiger partial charge < -0.3 is 4.74 Å². The van der Waals surface area contributed by atoms with Gasteiger partial charge in [0.15, 0.2) is 5.82 Å². The molecule has 0 saturated carbocycles. The monoisotopic (exact) mass is 494 g/mol. The zero-order chi connectivity index (χ0) is 25.8. The number of benzene rings is 3. The van der Waals surface area contributed by atoms with E-state index in [1.807, 2.05) is 54.1 Å². The van der Waals surface area contributed by atoms with Crippen LogP contribution >= 0.6 is 0 Å². The van der Waals surface area contributed by atoms with Gasteiger partial charge in [0.1, 0.15) is 5.75 Å². The summed E-state index contributed by atoms with van der Waals surface area (Å²) in [7, 11) is 1.64. The van der Waals surface area contributed by atoms with Crippen LogP contribution in [0.1, 0.15) is 36.6 Å². The summed E-state index contributed by atoms with van der Waals surface area (Å²) >= 11 is 0. The minimum Gasteiger partial charge on any atom is -0.495 e. The maximum Gasteiger partial charge on any atom is 0.333 e. The molecule has 0 bridgehead atoms. The molecule has 2 aromatic heterocycles. The largest absolute Gasteiger partial charge is 0.495 e. The van der Waals surface area contributed by atoms with Crippen LogP contribution in [0.25, 0.3) is 28.2 Å². The second-order valence-corrected chi connectivity index (χ2v) is 9.08. The summed E-state index contributed by atoms with van der Waals surface area (Å²) in [6.45, 7) is 4.65. The standard InChI is InChI=1S/C29H30N6O2/c1-4-5-10-23-19-35(27-20(2)9-8-13-26(27)37-3)29(36)34(23)18-21-14-16-22(17-15-21)24-11-6-7-12-25(24)28-30-32-33-31-28/h6-9,11-17,19H,4-5,10,18H2,1-3H3,(H,30,31,32,33). The van der Waals surface area contributed by atoms with Gasteiger partial charge >= 0.3 is 5.69 Å². The summed E-state index contributed by atoms with van der Waals surface area (Å²) in [5.74, 6) is 1.31. The van der Waals surface area contributed by atoms with E-state index in [9.17, 15) is 4.79 Å². The van der Waals surface area contributed by atoms with Crippen molar-refractivity contribution in [1.29, 1.82) is 0 Å². The van der Waals surface area contributed by atoms with E-state index in [0.717, 1.165) is 58.5 Å². The molecule has 37 heavy (non-hydrogen) atoms. The molecule has 0 aliphatic heterocycles. The van der Waals surface area contributed by atoms with Crippen LogP contribution in [-0.2, 0) is 13.0 Å². The molecular formula is C29H30N6O2. The summed E-state index contributed by atoms with van der Waals surface area (Å²) in [5, 5.41) is 14.3. The number of ether oxygens (including phenoxy) is 1. The number of aromatic nitrogens is 6. The van der Waals surface area contributed by atoms with Crippen LogP contribution in [0.15, 0.2) is 77.7 Å². The average Bonchev–Trinajstić information content (AvgIpc) is 3.57. The second-order valence-electron chi connectivity index (χ2n) is 9.08. The Morgan fingerprint density at radius 2 is 1.76 bits per heavy atom. The molecule has 8 heteroatoms. The molecule has 0 aliphatic rings. The highest BCUT2D eigenvalue weighted by Gasteiger charge is 2.17. The van der Waals surface area contributed by atoms with Crippen LogP contribution in [0, 0.1) is 6.92 Å². The Kier molecular flexibility index (Phi) is 6.98. The Morgan fingerprint density at radius 1 is 0.973 bits per heavy atom. The summed E-state index contributed by atoms with van der Waals surface area (Å²) in [5.41, 5.74) is 6.81. The van der Waals surface area contributed by atoms with Crippen molar-refractivity contribution in [2.75, 3.05) is 7.11 Å². The molecule has 1 N–H and O–H groups in total. The van der Waals surface area contributed by atoms with Crippen LogP contribution < -0.4 is 10.4 Å². The van der Waals surface area contributed by atoms with Gasteiger partial charge in [0.25, 0.3) is 0 Å². The van der Waals surface area contributed by atoms with E-state index < -0.39 is 0 Å². The molecule has 188 valence electrons. The summed E-state index contributed by atoms with van der Waals surface area (Å²) < 4.78 is 9.20. The van der Waals surface area contributed by atoms with Gasteiger partial charge in [-0.3, -0.25) is 9.13 Å². The van der Waals surface area contributed by atoms with Gasteiger partial charge in [-0.15, -0.1) is 5.10 Å². The normalized spacial score (nSPS) is 11.1. The molecule has 0 fully saturated rings. The highest BCUT2D eigenvalue weighted by Crippen LogP contribution is 2.30. The second kappa shape index (κ2) is 10.7. The molecular weight excluding hydrogens is 464 g/mol. The fourth-order valence-electron chi connectivity index (χ4n) is 4.71. The predicted octanol–water partition coefficient (Wildman–Crippen LogP) is 5.19. The van der Waals surface area contributed by atoms with Gasteiger partial charge in [-0.05, 0) is 58.5 Å². The van der Waals surface area contributed by atoms with Crippen molar-refractivity contribution in [2.45, 2.75) is 39.7 Å². The van der Waals surface area contributed by atoms with Crippen molar-refractivity contribution in [3.63, 3.8) is 0 Å². The Morgan fingerprint density at radius 3 is 2.46 bits per heavy atom. The third-order valence-electron chi connectivity index (χ3n) is 6.64. The van der Waals surface area contributed by atoms with Gasteiger partial charge in [-0.1, -0.05) is 74.0 Å². The number of rotatable bonds is 9. The number of imidazole rings is 1. The van der Waals surface area contributed by atoms with Gasteiger partial charge in [-0.2, -0.15) is 0 Å². The van der Waals surface area contributed by atoms with E-state index in [1.165, 1.54) is 0 Å². The number of tetrazole rings is 1. The van der Waals surface area contributed by atoms with Crippen LogP contribution in [0.4, 0.5) is 0 Å².